The largest absolute Gasteiger partial charge is 0.376 e. The second-order valence-electron chi connectivity index (χ2n) is 2.04. The van der Waals surface area contributed by atoms with E-state index in [0.717, 1.165) is 23.5 Å². The summed E-state index contributed by atoms with van der Waals surface area (Å²) in [5.41, 5.74) is 0.943. The average molecular weight is 143 g/mol. The molecular weight excluding hydrogens is 130 g/mol. The second-order valence-corrected chi connectivity index (χ2v) is 2.44. The number of hydrogen-bond acceptors (Lipinski definition) is 1. The van der Waals surface area contributed by atoms with E-state index in [-0.39, 0.29) is 0 Å². The van der Waals surface area contributed by atoms with Crippen molar-refractivity contribution < 1.29 is 0 Å². The van der Waals surface area contributed by atoms with Crippen LogP contribution in [0.5, 0.6) is 0 Å². The molecule has 0 aliphatic heterocycles. The summed E-state index contributed by atoms with van der Waals surface area (Å²) in [4.78, 5) is 0.789. The van der Waals surface area contributed by atoms with Crippen LogP contribution in [-0.4, -0.2) is 11.5 Å². The normalized spacial score (nSPS) is 8.67. The highest BCUT2D eigenvalue weighted by Crippen LogP contribution is 1.88. The van der Waals surface area contributed by atoms with Crippen LogP contribution >= 0.6 is 12.2 Å². The van der Waals surface area contributed by atoms with Crippen LogP contribution < -0.4 is 5.32 Å². The van der Waals surface area contributed by atoms with Gasteiger partial charge in [0, 0.05) is 6.54 Å². The molecule has 9 heavy (non-hydrogen) atoms. The summed E-state index contributed by atoms with van der Waals surface area (Å²) in [6.45, 7) is 8.67. The van der Waals surface area contributed by atoms with Crippen molar-refractivity contribution in [1.29, 1.82) is 0 Å². The third kappa shape index (κ3) is 4.15. The molecular formula is C7H13NS. The predicted octanol–water partition coefficient (Wildman–Crippen LogP) is 1.89. The molecule has 0 aromatic rings. The van der Waals surface area contributed by atoms with Crippen molar-refractivity contribution in [3.8, 4) is 0 Å². The zero-order valence-corrected chi connectivity index (χ0v) is 6.85. The monoisotopic (exact) mass is 143 g/mol. The average Bonchev–Trinajstić information content (AvgIpc) is 1.82. The van der Waals surface area contributed by atoms with Crippen LogP contribution in [0.1, 0.15) is 20.3 Å². The van der Waals surface area contributed by atoms with Crippen molar-refractivity contribution in [3.05, 3.63) is 12.2 Å². The molecule has 0 bridgehead atoms. The quantitative estimate of drug-likeness (QED) is 0.478. The molecule has 0 spiro atoms. The van der Waals surface area contributed by atoms with Crippen LogP contribution in [-0.2, 0) is 0 Å². The van der Waals surface area contributed by atoms with Gasteiger partial charge in [-0.2, -0.15) is 0 Å². The van der Waals surface area contributed by atoms with Gasteiger partial charge in [-0.1, -0.05) is 25.7 Å². The zero-order valence-electron chi connectivity index (χ0n) is 6.03. The molecule has 0 atom stereocenters. The van der Waals surface area contributed by atoms with Gasteiger partial charge in [0.1, 0.15) is 4.99 Å². The number of nitrogens with one attached hydrogen (secondary N) is 1. The third-order valence-corrected chi connectivity index (χ3v) is 1.42. The smallest absolute Gasteiger partial charge is 0.101 e. The lowest BCUT2D eigenvalue weighted by Crippen LogP contribution is -2.22. The fourth-order valence-electron chi connectivity index (χ4n) is 0.389. The molecule has 0 rings (SSSR count). The number of rotatable bonds is 3. The highest BCUT2D eigenvalue weighted by atomic mass is 32.1. The Morgan fingerprint density at radius 1 is 1.67 bits per heavy atom. The Morgan fingerprint density at radius 3 is 2.56 bits per heavy atom. The molecule has 0 heterocycles. The summed E-state index contributed by atoms with van der Waals surface area (Å²) in [5.74, 6) is 0. The van der Waals surface area contributed by atoms with Crippen molar-refractivity contribution in [2.75, 3.05) is 6.54 Å². The number of hydrogen-bond donors (Lipinski definition) is 1. The fraction of sp³-hybridized carbons (Fsp3) is 0.571. The molecule has 0 amide bonds. The Labute approximate surface area is 62.1 Å². The molecule has 0 saturated heterocycles. The molecule has 0 fully saturated rings. The van der Waals surface area contributed by atoms with Crippen molar-refractivity contribution in [1.82, 2.24) is 5.32 Å². The first kappa shape index (κ1) is 8.63. The lowest BCUT2D eigenvalue weighted by atomic mass is 10.3. The molecule has 0 radical (unpaired) electrons. The molecule has 0 aromatic carbocycles. The molecule has 0 saturated carbocycles. The summed E-state index contributed by atoms with van der Waals surface area (Å²) < 4.78 is 0. The molecule has 0 aromatic heterocycles. The van der Waals surface area contributed by atoms with Crippen LogP contribution in [0.15, 0.2) is 12.2 Å². The van der Waals surface area contributed by atoms with Gasteiger partial charge in [-0.15, -0.1) is 0 Å². The van der Waals surface area contributed by atoms with Gasteiger partial charge in [0.05, 0.1) is 0 Å². The summed E-state index contributed by atoms with van der Waals surface area (Å²) in [6.07, 6.45) is 1.10. The van der Waals surface area contributed by atoms with E-state index >= 15 is 0 Å². The summed E-state index contributed by atoms with van der Waals surface area (Å²) >= 11 is 4.93. The van der Waals surface area contributed by atoms with Crippen molar-refractivity contribution in [2.45, 2.75) is 20.3 Å². The van der Waals surface area contributed by atoms with Gasteiger partial charge < -0.3 is 5.32 Å². The molecule has 52 valence electrons. The lowest BCUT2D eigenvalue weighted by Gasteiger charge is -2.03. The minimum atomic E-state index is 0.789. The molecule has 2 heteroatoms. The maximum atomic E-state index is 4.93. The summed E-state index contributed by atoms with van der Waals surface area (Å²) in [6, 6.07) is 0. The first-order valence-electron chi connectivity index (χ1n) is 3.12. The van der Waals surface area contributed by atoms with Crippen molar-refractivity contribution in [3.63, 3.8) is 0 Å². The van der Waals surface area contributed by atoms with Crippen LogP contribution in [0.25, 0.3) is 0 Å². The Kier molecular flexibility index (Phi) is 4.32. The van der Waals surface area contributed by atoms with E-state index in [1.165, 1.54) is 0 Å². The standard InChI is InChI=1S/C7H13NS/c1-4-5-8-7(9)6(2)3/h2,4-5H2,1,3H3,(H,8,9). The Hall–Kier alpha value is -0.370. The maximum absolute atomic E-state index is 4.93. The lowest BCUT2D eigenvalue weighted by molar-refractivity contribution is 0.847. The van der Waals surface area contributed by atoms with Gasteiger partial charge in [-0.3, -0.25) is 0 Å². The first-order chi connectivity index (χ1) is 4.18. The van der Waals surface area contributed by atoms with Crippen LogP contribution in [0.3, 0.4) is 0 Å². The van der Waals surface area contributed by atoms with E-state index in [1.54, 1.807) is 0 Å². The molecule has 0 aliphatic rings. The van der Waals surface area contributed by atoms with Gasteiger partial charge in [-0.05, 0) is 18.9 Å². The summed E-state index contributed by atoms with van der Waals surface area (Å²) in [7, 11) is 0. The van der Waals surface area contributed by atoms with E-state index < -0.39 is 0 Å². The molecule has 0 aliphatic carbocycles. The highest BCUT2D eigenvalue weighted by molar-refractivity contribution is 7.80. The van der Waals surface area contributed by atoms with Gasteiger partial charge in [0.15, 0.2) is 0 Å². The zero-order chi connectivity index (χ0) is 7.28. The van der Waals surface area contributed by atoms with Crippen molar-refractivity contribution in [2.24, 2.45) is 0 Å². The van der Waals surface area contributed by atoms with Gasteiger partial charge in [-0.25, -0.2) is 0 Å². The Bertz CT molecular complexity index is 118. The molecule has 1 nitrogen and oxygen atoms in total. The second kappa shape index (κ2) is 4.50. The minimum absolute atomic E-state index is 0.789. The topological polar surface area (TPSA) is 12.0 Å². The van der Waals surface area contributed by atoms with Crippen LogP contribution in [0, 0.1) is 0 Å². The Balaban J connectivity index is 3.39. The first-order valence-corrected chi connectivity index (χ1v) is 3.53. The summed E-state index contributed by atoms with van der Waals surface area (Å²) in [5, 5.41) is 3.06. The van der Waals surface area contributed by atoms with Crippen LogP contribution in [0.2, 0.25) is 0 Å². The molecule has 0 unspecified atom stereocenters. The van der Waals surface area contributed by atoms with E-state index in [1.807, 2.05) is 6.92 Å². The highest BCUT2D eigenvalue weighted by Gasteiger charge is 1.91. The fourth-order valence-corrected chi connectivity index (χ4v) is 0.491. The van der Waals surface area contributed by atoms with E-state index in [0.29, 0.717) is 0 Å². The number of thiocarbonyl (C=S) groups is 1. The van der Waals surface area contributed by atoms with E-state index in [9.17, 15) is 0 Å². The van der Waals surface area contributed by atoms with E-state index in [4.69, 9.17) is 12.2 Å². The van der Waals surface area contributed by atoms with Gasteiger partial charge >= 0.3 is 0 Å². The Morgan fingerprint density at radius 2 is 2.22 bits per heavy atom. The maximum Gasteiger partial charge on any atom is 0.101 e. The van der Waals surface area contributed by atoms with E-state index in [2.05, 4.69) is 18.8 Å². The SMILES string of the molecule is C=C(C)C(=S)NCCC. The van der Waals surface area contributed by atoms with Crippen molar-refractivity contribution >= 4 is 17.2 Å². The third-order valence-electron chi connectivity index (χ3n) is 0.923. The van der Waals surface area contributed by atoms with Gasteiger partial charge in [0.2, 0.25) is 0 Å². The van der Waals surface area contributed by atoms with Crippen LogP contribution in [0.4, 0.5) is 0 Å². The van der Waals surface area contributed by atoms with Gasteiger partial charge in [0.25, 0.3) is 0 Å². The minimum Gasteiger partial charge on any atom is -0.376 e. The predicted molar refractivity (Wildman–Crippen MR) is 45.7 cm³/mol. The molecule has 1 N–H and O–H groups in total.